The third-order valence-corrected chi connectivity index (χ3v) is 5.37. The molecule has 130 valence electrons. The van der Waals surface area contributed by atoms with Gasteiger partial charge in [-0.3, -0.25) is 0 Å². The van der Waals surface area contributed by atoms with E-state index in [4.69, 9.17) is 9.47 Å². The number of fused-ring (bicyclic) bond motifs is 3. The fourth-order valence-electron chi connectivity index (χ4n) is 4.26. The predicted molar refractivity (Wildman–Crippen MR) is 92.8 cm³/mol. The maximum absolute atomic E-state index is 12.3. The highest BCUT2D eigenvalue weighted by Crippen LogP contribution is 2.59. The minimum Gasteiger partial charge on any atom is -0.507 e. The molecule has 3 rings (SSSR count). The second-order valence-corrected chi connectivity index (χ2v) is 7.27. The van der Waals surface area contributed by atoms with E-state index in [2.05, 4.69) is 26.8 Å². The molecule has 0 bridgehead atoms. The molecule has 4 nitrogen and oxygen atoms in total. The second kappa shape index (κ2) is 5.83. The Balaban J connectivity index is 2.20. The number of aromatic hydroxyl groups is 1. The topological polar surface area (TPSA) is 55.8 Å². The van der Waals surface area contributed by atoms with E-state index in [1.165, 1.54) is 12.7 Å². The average Bonchev–Trinajstić information content (AvgIpc) is 2.99. The van der Waals surface area contributed by atoms with Crippen molar-refractivity contribution in [2.45, 2.75) is 58.5 Å². The van der Waals surface area contributed by atoms with Crippen LogP contribution in [-0.2, 0) is 11.2 Å². The maximum Gasteiger partial charge on any atom is 0.341 e. The van der Waals surface area contributed by atoms with Crippen LogP contribution in [0.5, 0.6) is 11.5 Å². The first-order chi connectivity index (χ1) is 11.4. The molecular formula is C20H26O4. The van der Waals surface area contributed by atoms with Crippen LogP contribution >= 0.6 is 0 Å². The normalized spacial score (nSPS) is 24.4. The molecule has 2 unspecified atom stereocenters. The molecule has 24 heavy (non-hydrogen) atoms. The third-order valence-electron chi connectivity index (χ3n) is 5.37. The number of phenolic OH excluding ortho intramolecular Hbond substituents is 1. The summed E-state index contributed by atoms with van der Waals surface area (Å²) in [6.45, 7) is 8.41. The SMILES string of the molecule is CCCc1cc2c(c(O)c1C(=O)OC)C1CC(C)=CC1(C(C)C)O2. The lowest BCUT2D eigenvalue weighted by molar-refractivity contribution is 0.0596. The summed E-state index contributed by atoms with van der Waals surface area (Å²) in [5, 5.41) is 10.9. The minimum atomic E-state index is -0.483. The van der Waals surface area contributed by atoms with Gasteiger partial charge >= 0.3 is 5.97 Å². The quantitative estimate of drug-likeness (QED) is 0.658. The Hall–Kier alpha value is -1.97. The van der Waals surface area contributed by atoms with Gasteiger partial charge in [0.05, 0.1) is 7.11 Å². The number of benzene rings is 1. The van der Waals surface area contributed by atoms with Gasteiger partial charge in [0, 0.05) is 11.5 Å². The predicted octanol–water partition coefficient (Wildman–Crippen LogP) is 4.35. The largest absolute Gasteiger partial charge is 0.507 e. The van der Waals surface area contributed by atoms with Crippen molar-refractivity contribution in [3.05, 3.63) is 34.4 Å². The van der Waals surface area contributed by atoms with Crippen molar-refractivity contribution in [2.75, 3.05) is 7.11 Å². The molecule has 1 aliphatic heterocycles. The summed E-state index contributed by atoms with van der Waals surface area (Å²) < 4.78 is 11.3. The standard InChI is InChI=1S/C20H26O4/c1-6-7-13-9-15-17(18(21)16(13)19(22)23-5)14-8-12(4)10-20(14,24-15)11(2)3/h9-11,14,21H,6-8H2,1-5H3. The Labute approximate surface area is 143 Å². The van der Waals surface area contributed by atoms with Gasteiger partial charge in [0.15, 0.2) is 0 Å². The second-order valence-electron chi connectivity index (χ2n) is 7.27. The molecule has 0 radical (unpaired) electrons. The number of rotatable bonds is 4. The van der Waals surface area contributed by atoms with Crippen LogP contribution in [-0.4, -0.2) is 23.8 Å². The number of carbonyl (C=O) groups is 1. The van der Waals surface area contributed by atoms with E-state index in [0.29, 0.717) is 17.7 Å². The van der Waals surface area contributed by atoms with Crippen LogP contribution in [0.2, 0.25) is 0 Å². The lowest BCUT2D eigenvalue weighted by atomic mass is 9.78. The van der Waals surface area contributed by atoms with Crippen molar-refractivity contribution < 1.29 is 19.4 Å². The van der Waals surface area contributed by atoms with Crippen molar-refractivity contribution in [1.82, 2.24) is 0 Å². The summed E-state index contributed by atoms with van der Waals surface area (Å²) in [7, 11) is 1.35. The molecule has 0 fully saturated rings. The van der Waals surface area contributed by atoms with Crippen LogP contribution in [0, 0.1) is 5.92 Å². The van der Waals surface area contributed by atoms with Gasteiger partial charge in [-0.25, -0.2) is 4.79 Å². The van der Waals surface area contributed by atoms with Gasteiger partial charge in [0.2, 0.25) is 0 Å². The molecule has 1 aromatic rings. The summed E-state index contributed by atoms with van der Waals surface area (Å²) in [5.74, 6) is 0.586. The molecule has 0 saturated carbocycles. The minimum absolute atomic E-state index is 0.0402. The van der Waals surface area contributed by atoms with Gasteiger partial charge < -0.3 is 14.6 Å². The highest BCUT2D eigenvalue weighted by molar-refractivity contribution is 5.95. The van der Waals surface area contributed by atoms with E-state index in [1.807, 2.05) is 13.0 Å². The average molecular weight is 330 g/mol. The van der Waals surface area contributed by atoms with Crippen molar-refractivity contribution >= 4 is 5.97 Å². The molecule has 0 saturated heterocycles. The number of hydrogen-bond donors (Lipinski definition) is 1. The first-order valence-electron chi connectivity index (χ1n) is 8.70. The van der Waals surface area contributed by atoms with Crippen LogP contribution in [0.15, 0.2) is 17.7 Å². The summed E-state index contributed by atoms with van der Waals surface area (Å²) in [5.41, 5.74) is 2.68. The Morgan fingerprint density at radius 1 is 1.50 bits per heavy atom. The zero-order valence-electron chi connectivity index (χ0n) is 15.1. The van der Waals surface area contributed by atoms with Crippen LogP contribution in [0.25, 0.3) is 0 Å². The van der Waals surface area contributed by atoms with Crippen LogP contribution in [0.4, 0.5) is 0 Å². The molecule has 0 amide bonds. The Morgan fingerprint density at radius 3 is 2.79 bits per heavy atom. The van der Waals surface area contributed by atoms with Gasteiger partial charge in [0.25, 0.3) is 0 Å². The van der Waals surface area contributed by atoms with E-state index in [9.17, 15) is 9.90 Å². The number of aryl methyl sites for hydroxylation is 1. The first kappa shape index (κ1) is 16.9. The smallest absolute Gasteiger partial charge is 0.341 e. The van der Waals surface area contributed by atoms with Crippen LogP contribution in [0.3, 0.4) is 0 Å². The Bertz CT molecular complexity index is 717. The number of carbonyl (C=O) groups excluding carboxylic acids is 1. The number of esters is 1. The molecule has 0 spiro atoms. The zero-order chi connectivity index (χ0) is 17.6. The number of methoxy groups -OCH3 is 1. The molecule has 1 N–H and O–H groups in total. The van der Waals surface area contributed by atoms with E-state index in [1.54, 1.807) is 0 Å². The molecule has 1 aromatic carbocycles. The number of ether oxygens (including phenoxy) is 2. The van der Waals surface area contributed by atoms with Gasteiger partial charge in [-0.2, -0.15) is 0 Å². The highest BCUT2D eigenvalue weighted by Gasteiger charge is 2.54. The maximum atomic E-state index is 12.3. The number of allylic oxidation sites excluding steroid dienone is 1. The molecule has 2 atom stereocenters. The fraction of sp³-hybridized carbons (Fsp3) is 0.550. The third kappa shape index (κ3) is 2.23. The first-order valence-corrected chi connectivity index (χ1v) is 8.70. The fourth-order valence-corrected chi connectivity index (χ4v) is 4.26. The molecular weight excluding hydrogens is 304 g/mol. The highest BCUT2D eigenvalue weighted by atomic mass is 16.5. The van der Waals surface area contributed by atoms with E-state index >= 15 is 0 Å². The van der Waals surface area contributed by atoms with Gasteiger partial charge in [-0.05, 0) is 43.4 Å². The number of phenols is 1. The lowest BCUT2D eigenvalue weighted by Crippen LogP contribution is -2.38. The summed E-state index contributed by atoms with van der Waals surface area (Å²) in [6.07, 6.45) is 4.61. The van der Waals surface area contributed by atoms with Gasteiger partial charge in [-0.15, -0.1) is 0 Å². The Kier molecular flexibility index (Phi) is 4.10. The van der Waals surface area contributed by atoms with Gasteiger partial charge in [-0.1, -0.05) is 32.8 Å². The van der Waals surface area contributed by atoms with E-state index in [0.717, 1.165) is 24.0 Å². The van der Waals surface area contributed by atoms with E-state index < -0.39 is 11.6 Å². The van der Waals surface area contributed by atoms with Crippen molar-refractivity contribution in [1.29, 1.82) is 0 Å². The molecule has 1 aliphatic carbocycles. The van der Waals surface area contributed by atoms with Crippen molar-refractivity contribution in [2.24, 2.45) is 5.92 Å². The molecule has 4 heteroatoms. The summed E-state index contributed by atoms with van der Waals surface area (Å²) in [6, 6.07) is 1.93. The van der Waals surface area contributed by atoms with Gasteiger partial charge in [0.1, 0.15) is 22.7 Å². The zero-order valence-corrected chi connectivity index (χ0v) is 15.1. The summed E-state index contributed by atoms with van der Waals surface area (Å²) in [4.78, 5) is 12.3. The molecule has 2 aliphatic rings. The van der Waals surface area contributed by atoms with Crippen molar-refractivity contribution in [3.8, 4) is 11.5 Å². The van der Waals surface area contributed by atoms with Crippen LogP contribution < -0.4 is 4.74 Å². The molecule has 1 heterocycles. The monoisotopic (exact) mass is 330 g/mol. The van der Waals surface area contributed by atoms with Crippen molar-refractivity contribution in [3.63, 3.8) is 0 Å². The van der Waals surface area contributed by atoms with Crippen LogP contribution in [0.1, 0.15) is 67.9 Å². The number of hydrogen-bond acceptors (Lipinski definition) is 4. The molecule has 0 aromatic heterocycles. The summed E-state index contributed by atoms with van der Waals surface area (Å²) >= 11 is 0. The lowest BCUT2D eigenvalue weighted by Gasteiger charge is -2.31. The van der Waals surface area contributed by atoms with E-state index in [-0.39, 0.29) is 17.6 Å². The Morgan fingerprint density at radius 2 is 2.21 bits per heavy atom.